The number of aromatic nitrogens is 2. The summed E-state index contributed by atoms with van der Waals surface area (Å²) in [7, 11) is 3.24. The van der Waals surface area contributed by atoms with Crippen molar-refractivity contribution in [3.63, 3.8) is 0 Å². The molecule has 2 rings (SSSR count). The molecule has 22 heavy (non-hydrogen) atoms. The van der Waals surface area contributed by atoms with Crippen LogP contribution >= 0.6 is 11.3 Å². The van der Waals surface area contributed by atoms with Gasteiger partial charge in [0.15, 0.2) is 5.82 Å². The monoisotopic (exact) mass is 328 g/mol. The fraction of sp³-hybridized carbons (Fsp3) is 0.308. The van der Waals surface area contributed by atoms with Crippen molar-refractivity contribution in [3.05, 3.63) is 34.2 Å². The lowest BCUT2D eigenvalue weighted by Gasteiger charge is -2.09. The predicted octanol–water partition coefficient (Wildman–Crippen LogP) is 2.22. The van der Waals surface area contributed by atoms with E-state index in [1.165, 1.54) is 33.3 Å². The number of nitrogens with zero attached hydrogens (tertiary/aromatic N) is 3. The Morgan fingerprint density at radius 2 is 2.14 bits per heavy atom. The van der Waals surface area contributed by atoms with Crippen LogP contribution in [-0.2, 0) is 11.3 Å². The highest BCUT2D eigenvalue weighted by Gasteiger charge is 2.20. The van der Waals surface area contributed by atoms with Crippen LogP contribution in [0.4, 0.5) is 14.6 Å². The van der Waals surface area contributed by atoms with E-state index >= 15 is 0 Å². The van der Waals surface area contributed by atoms with Crippen LogP contribution in [0.1, 0.15) is 21.7 Å². The minimum absolute atomic E-state index is 0.0319. The summed E-state index contributed by atoms with van der Waals surface area (Å²) in [5, 5.41) is 7.89. The van der Waals surface area contributed by atoms with Gasteiger partial charge in [-0.1, -0.05) is 0 Å². The van der Waals surface area contributed by atoms with Gasteiger partial charge in [0.2, 0.25) is 5.91 Å². The molecule has 0 spiro atoms. The summed E-state index contributed by atoms with van der Waals surface area (Å²) in [5.74, 6) is -0.598. The van der Waals surface area contributed by atoms with Crippen molar-refractivity contribution in [2.75, 3.05) is 19.4 Å². The summed E-state index contributed by atoms with van der Waals surface area (Å²) in [6.07, 6.45) is -1.18. The molecule has 6 nitrogen and oxygen atoms in total. The normalized spacial score (nSPS) is 10.8. The Labute approximate surface area is 129 Å². The van der Waals surface area contributed by atoms with Gasteiger partial charge in [0.05, 0.1) is 0 Å². The van der Waals surface area contributed by atoms with Crippen LogP contribution in [0.3, 0.4) is 0 Å². The summed E-state index contributed by atoms with van der Waals surface area (Å²) in [5.41, 5.74) is -0.301. The van der Waals surface area contributed by atoms with E-state index in [0.29, 0.717) is 0 Å². The number of carbonyl (C=O) groups is 2. The Morgan fingerprint density at radius 1 is 1.41 bits per heavy atom. The summed E-state index contributed by atoms with van der Waals surface area (Å²) in [4.78, 5) is 24.9. The number of rotatable bonds is 5. The number of halogens is 2. The van der Waals surface area contributed by atoms with Crippen LogP contribution in [-0.4, -0.2) is 40.6 Å². The Kier molecular flexibility index (Phi) is 4.86. The number of hydrogen-bond donors (Lipinski definition) is 1. The number of amides is 2. The lowest BCUT2D eigenvalue weighted by Crippen LogP contribution is -2.26. The van der Waals surface area contributed by atoms with Crippen LogP contribution in [0.15, 0.2) is 23.7 Å². The molecule has 0 aromatic carbocycles. The minimum atomic E-state index is -2.71. The van der Waals surface area contributed by atoms with Gasteiger partial charge in [0, 0.05) is 31.9 Å². The maximum absolute atomic E-state index is 12.7. The summed E-state index contributed by atoms with van der Waals surface area (Å²) in [6, 6.07) is 2.72. The molecule has 0 aliphatic heterocycles. The standard InChI is InChI=1S/C13H14F2N4O2S/c1-18(2)10(20)7-19-5-3-9(17-19)16-13(21)11-8(12(14)15)4-6-22-11/h3-6,12H,7H2,1-2H3,(H,16,17,21). The first-order chi connectivity index (χ1) is 10.4. The quantitative estimate of drug-likeness (QED) is 0.915. The third-order valence-electron chi connectivity index (χ3n) is 2.82. The molecule has 9 heteroatoms. The van der Waals surface area contributed by atoms with Crippen LogP contribution < -0.4 is 5.32 Å². The zero-order valence-corrected chi connectivity index (χ0v) is 12.7. The van der Waals surface area contributed by atoms with E-state index in [0.717, 1.165) is 11.3 Å². The fourth-order valence-electron chi connectivity index (χ4n) is 1.65. The molecule has 0 atom stereocenters. The first-order valence-corrected chi connectivity index (χ1v) is 7.17. The third-order valence-corrected chi connectivity index (χ3v) is 3.74. The van der Waals surface area contributed by atoms with Crippen LogP contribution in [0.2, 0.25) is 0 Å². The maximum Gasteiger partial charge on any atom is 0.267 e. The summed E-state index contributed by atoms with van der Waals surface area (Å²) in [6.45, 7) is 0.0319. The van der Waals surface area contributed by atoms with E-state index in [1.807, 2.05) is 0 Å². The number of carbonyl (C=O) groups excluding carboxylic acids is 2. The zero-order valence-electron chi connectivity index (χ0n) is 11.9. The second-order valence-corrected chi connectivity index (χ2v) is 5.56. The first-order valence-electron chi connectivity index (χ1n) is 6.29. The van der Waals surface area contributed by atoms with Gasteiger partial charge in [-0.2, -0.15) is 5.10 Å². The van der Waals surface area contributed by atoms with Gasteiger partial charge in [0.1, 0.15) is 11.4 Å². The number of alkyl halides is 2. The average molecular weight is 328 g/mol. The van der Waals surface area contributed by atoms with Gasteiger partial charge in [0.25, 0.3) is 12.3 Å². The molecule has 2 aromatic rings. The molecule has 0 aliphatic carbocycles. The SMILES string of the molecule is CN(C)C(=O)Cn1ccc(NC(=O)c2sccc2C(F)F)n1. The van der Waals surface area contributed by atoms with E-state index in [-0.39, 0.29) is 28.7 Å². The van der Waals surface area contributed by atoms with Crippen LogP contribution in [0.25, 0.3) is 0 Å². The fourth-order valence-corrected chi connectivity index (χ4v) is 2.45. The lowest BCUT2D eigenvalue weighted by atomic mass is 10.2. The van der Waals surface area contributed by atoms with Gasteiger partial charge < -0.3 is 10.2 Å². The van der Waals surface area contributed by atoms with Gasteiger partial charge in [-0.3, -0.25) is 14.3 Å². The van der Waals surface area contributed by atoms with E-state index in [1.54, 1.807) is 14.1 Å². The predicted molar refractivity (Wildman–Crippen MR) is 78.2 cm³/mol. The zero-order chi connectivity index (χ0) is 16.3. The molecule has 1 N–H and O–H groups in total. The Morgan fingerprint density at radius 3 is 2.77 bits per heavy atom. The summed E-state index contributed by atoms with van der Waals surface area (Å²) >= 11 is 0.939. The highest BCUT2D eigenvalue weighted by molar-refractivity contribution is 7.12. The molecule has 0 bridgehead atoms. The number of likely N-dealkylation sites (N-methyl/N-ethyl adjacent to an activating group) is 1. The third kappa shape index (κ3) is 3.67. The van der Waals surface area contributed by atoms with Crippen LogP contribution in [0.5, 0.6) is 0 Å². The van der Waals surface area contributed by atoms with Crippen molar-refractivity contribution in [1.82, 2.24) is 14.7 Å². The number of anilines is 1. The van der Waals surface area contributed by atoms with Gasteiger partial charge in [-0.15, -0.1) is 11.3 Å². The molecular weight excluding hydrogens is 314 g/mol. The molecule has 2 heterocycles. The highest BCUT2D eigenvalue weighted by atomic mass is 32.1. The lowest BCUT2D eigenvalue weighted by molar-refractivity contribution is -0.129. The second kappa shape index (κ2) is 6.65. The van der Waals surface area contributed by atoms with E-state index in [2.05, 4.69) is 10.4 Å². The molecule has 2 amide bonds. The first kappa shape index (κ1) is 16.1. The largest absolute Gasteiger partial charge is 0.347 e. The number of hydrogen-bond acceptors (Lipinski definition) is 4. The van der Waals surface area contributed by atoms with Gasteiger partial charge >= 0.3 is 0 Å². The van der Waals surface area contributed by atoms with Gasteiger partial charge in [-0.25, -0.2) is 8.78 Å². The van der Waals surface area contributed by atoms with Crippen molar-refractivity contribution in [2.45, 2.75) is 13.0 Å². The smallest absolute Gasteiger partial charge is 0.267 e. The van der Waals surface area contributed by atoms with Crippen molar-refractivity contribution < 1.29 is 18.4 Å². The van der Waals surface area contributed by atoms with Gasteiger partial charge in [-0.05, 0) is 11.4 Å². The van der Waals surface area contributed by atoms with E-state index < -0.39 is 12.3 Å². The number of thiophene rings is 1. The molecule has 118 valence electrons. The van der Waals surface area contributed by atoms with Crippen molar-refractivity contribution in [3.8, 4) is 0 Å². The molecule has 0 unspecified atom stereocenters. The second-order valence-electron chi connectivity index (χ2n) is 4.65. The molecule has 0 saturated carbocycles. The summed E-state index contributed by atoms with van der Waals surface area (Å²) < 4.78 is 26.9. The average Bonchev–Trinajstić information content (AvgIpc) is 3.07. The maximum atomic E-state index is 12.7. The Hall–Kier alpha value is -2.29. The molecular formula is C13H14F2N4O2S. The Balaban J connectivity index is 2.05. The van der Waals surface area contributed by atoms with Crippen molar-refractivity contribution in [1.29, 1.82) is 0 Å². The van der Waals surface area contributed by atoms with E-state index in [4.69, 9.17) is 0 Å². The molecule has 2 aromatic heterocycles. The molecule has 0 saturated heterocycles. The van der Waals surface area contributed by atoms with Crippen molar-refractivity contribution in [2.24, 2.45) is 0 Å². The topological polar surface area (TPSA) is 67.2 Å². The highest BCUT2D eigenvalue weighted by Crippen LogP contribution is 2.27. The molecule has 0 radical (unpaired) electrons. The Bertz CT molecular complexity index is 681. The number of nitrogens with one attached hydrogen (secondary N) is 1. The minimum Gasteiger partial charge on any atom is -0.347 e. The van der Waals surface area contributed by atoms with Crippen LogP contribution in [0, 0.1) is 0 Å². The molecule has 0 aliphatic rings. The molecule has 0 fully saturated rings. The van der Waals surface area contributed by atoms with Crippen molar-refractivity contribution >= 4 is 29.0 Å². The van der Waals surface area contributed by atoms with E-state index in [9.17, 15) is 18.4 Å².